The number of amides is 2. The molecule has 3 N–H and O–H groups in total. The summed E-state index contributed by atoms with van der Waals surface area (Å²) in [6.45, 7) is 3.36. The first-order valence-electron chi connectivity index (χ1n) is 7.51. The summed E-state index contributed by atoms with van der Waals surface area (Å²) < 4.78 is 0. The summed E-state index contributed by atoms with van der Waals surface area (Å²) in [5.74, 6) is -0.572. The molecular formula is C17H16N4O2S2. The van der Waals surface area contributed by atoms with Crippen LogP contribution in [0.25, 0.3) is 10.6 Å². The predicted octanol–water partition coefficient (Wildman–Crippen LogP) is 3.22. The molecule has 0 atom stereocenters. The maximum atomic E-state index is 11.2. The fourth-order valence-electron chi connectivity index (χ4n) is 2.30. The number of anilines is 1. The first kappa shape index (κ1) is 17.2. The lowest BCUT2D eigenvalue weighted by Crippen LogP contribution is -2.10. The molecular weight excluding hydrogens is 356 g/mol. The van der Waals surface area contributed by atoms with Crippen molar-refractivity contribution in [3.63, 3.8) is 0 Å². The van der Waals surface area contributed by atoms with E-state index in [0.29, 0.717) is 17.1 Å². The Morgan fingerprint density at radius 1 is 1.20 bits per heavy atom. The van der Waals surface area contributed by atoms with Gasteiger partial charge in [0.2, 0.25) is 11.8 Å². The third kappa shape index (κ3) is 4.09. The molecule has 1 aromatic carbocycles. The number of hydrogen-bond donors (Lipinski definition) is 2. The molecule has 8 heteroatoms. The average molecular weight is 372 g/mol. The summed E-state index contributed by atoms with van der Waals surface area (Å²) in [7, 11) is 0. The minimum absolute atomic E-state index is 0.140. The van der Waals surface area contributed by atoms with Gasteiger partial charge in [-0.25, -0.2) is 9.97 Å². The van der Waals surface area contributed by atoms with Gasteiger partial charge in [0.25, 0.3) is 0 Å². The Morgan fingerprint density at radius 3 is 2.56 bits per heavy atom. The van der Waals surface area contributed by atoms with E-state index in [2.05, 4.69) is 15.3 Å². The molecule has 3 aromatic rings. The molecule has 0 unspecified atom stereocenters. The molecule has 0 fully saturated rings. The van der Waals surface area contributed by atoms with Crippen LogP contribution in [0.5, 0.6) is 0 Å². The van der Waals surface area contributed by atoms with Crippen LogP contribution in [-0.4, -0.2) is 21.8 Å². The number of nitrogens with one attached hydrogen (secondary N) is 1. The van der Waals surface area contributed by atoms with E-state index >= 15 is 0 Å². The molecule has 0 bridgehead atoms. The van der Waals surface area contributed by atoms with Gasteiger partial charge in [0.15, 0.2) is 5.13 Å². The number of nitrogens with zero attached hydrogens (tertiary/aromatic N) is 2. The maximum absolute atomic E-state index is 11.2. The molecule has 3 rings (SSSR count). The first-order chi connectivity index (χ1) is 11.9. The van der Waals surface area contributed by atoms with E-state index in [1.165, 1.54) is 18.3 Å². The number of benzene rings is 1. The smallest absolute Gasteiger partial charge is 0.248 e. The van der Waals surface area contributed by atoms with Crippen LogP contribution in [0.15, 0.2) is 29.6 Å². The van der Waals surface area contributed by atoms with Crippen LogP contribution in [-0.2, 0) is 11.2 Å². The number of thiazole rings is 2. The van der Waals surface area contributed by atoms with Crippen LogP contribution in [0.2, 0.25) is 0 Å². The fraction of sp³-hybridized carbons (Fsp3) is 0.176. The van der Waals surface area contributed by atoms with Crippen molar-refractivity contribution in [3.8, 4) is 10.6 Å². The number of aryl methyl sites for hydroxylation is 1. The van der Waals surface area contributed by atoms with Crippen molar-refractivity contribution in [2.24, 2.45) is 5.73 Å². The van der Waals surface area contributed by atoms with Crippen molar-refractivity contribution in [1.29, 1.82) is 0 Å². The third-order valence-corrected chi connectivity index (χ3v) is 5.40. The summed E-state index contributed by atoms with van der Waals surface area (Å²) >= 11 is 2.99. The van der Waals surface area contributed by atoms with Gasteiger partial charge in [-0.05, 0) is 24.6 Å². The molecule has 0 spiro atoms. The monoisotopic (exact) mass is 372 g/mol. The van der Waals surface area contributed by atoms with E-state index in [0.717, 1.165) is 26.8 Å². The average Bonchev–Trinajstić information content (AvgIpc) is 3.13. The lowest BCUT2D eigenvalue weighted by atomic mass is 10.1. The summed E-state index contributed by atoms with van der Waals surface area (Å²) in [5.41, 5.74) is 8.51. The normalized spacial score (nSPS) is 10.6. The fourth-order valence-corrected chi connectivity index (χ4v) is 4.16. The van der Waals surface area contributed by atoms with E-state index in [1.807, 2.05) is 24.4 Å². The molecule has 0 saturated carbocycles. The van der Waals surface area contributed by atoms with Crippen LogP contribution in [0.1, 0.15) is 33.5 Å². The van der Waals surface area contributed by atoms with Gasteiger partial charge in [-0.1, -0.05) is 23.5 Å². The van der Waals surface area contributed by atoms with Gasteiger partial charge in [-0.3, -0.25) is 9.59 Å². The molecule has 6 nitrogen and oxygen atoms in total. The van der Waals surface area contributed by atoms with Crippen molar-refractivity contribution in [2.45, 2.75) is 20.3 Å². The SMILES string of the molecule is CC(=O)Nc1nc(C)c(-c2csc(Cc3ccc(C(N)=O)cc3)n2)s1. The largest absolute Gasteiger partial charge is 0.366 e. The van der Waals surface area contributed by atoms with E-state index in [-0.39, 0.29) is 5.91 Å². The standard InChI is InChI=1S/C17H16N4O2S2/c1-9-15(25-17(19-9)20-10(2)22)13-8-24-14(21-13)7-11-3-5-12(6-4-11)16(18)23/h3-6,8H,7H2,1-2H3,(H2,18,23)(H,19,20,22). The Bertz CT molecular complexity index is 929. The number of nitrogens with two attached hydrogens (primary N) is 1. The number of hydrogen-bond acceptors (Lipinski definition) is 6. The van der Waals surface area contributed by atoms with Crippen molar-refractivity contribution in [1.82, 2.24) is 9.97 Å². The second-order valence-corrected chi connectivity index (χ2v) is 7.42. The van der Waals surface area contributed by atoms with E-state index in [1.54, 1.807) is 23.5 Å². The minimum atomic E-state index is -0.432. The Hall–Kier alpha value is -2.58. The van der Waals surface area contributed by atoms with E-state index in [9.17, 15) is 9.59 Å². The predicted molar refractivity (Wildman–Crippen MR) is 100 cm³/mol. The maximum Gasteiger partial charge on any atom is 0.248 e. The van der Waals surface area contributed by atoms with Crippen LogP contribution >= 0.6 is 22.7 Å². The van der Waals surface area contributed by atoms with Crippen molar-refractivity contribution in [2.75, 3.05) is 5.32 Å². The Kier molecular flexibility index (Phi) is 4.91. The Morgan fingerprint density at radius 2 is 1.92 bits per heavy atom. The third-order valence-electron chi connectivity index (χ3n) is 3.46. The van der Waals surface area contributed by atoms with Gasteiger partial charge in [-0.2, -0.15) is 0 Å². The van der Waals surface area contributed by atoms with Crippen molar-refractivity contribution in [3.05, 3.63) is 51.5 Å². The first-order valence-corrected chi connectivity index (χ1v) is 9.20. The number of aromatic nitrogens is 2. The number of carbonyl (C=O) groups excluding carboxylic acids is 2. The molecule has 128 valence electrons. The zero-order valence-electron chi connectivity index (χ0n) is 13.7. The topological polar surface area (TPSA) is 98.0 Å². The highest BCUT2D eigenvalue weighted by molar-refractivity contribution is 7.19. The van der Waals surface area contributed by atoms with Crippen LogP contribution in [0, 0.1) is 6.92 Å². The molecule has 0 aliphatic rings. The van der Waals surface area contributed by atoms with Crippen LogP contribution < -0.4 is 11.1 Å². The highest BCUT2D eigenvalue weighted by Gasteiger charge is 2.14. The molecule has 2 aromatic heterocycles. The second-order valence-electron chi connectivity index (χ2n) is 5.48. The lowest BCUT2D eigenvalue weighted by Gasteiger charge is -1.99. The van der Waals surface area contributed by atoms with Gasteiger partial charge in [0.05, 0.1) is 21.3 Å². The summed E-state index contributed by atoms with van der Waals surface area (Å²) in [6, 6.07) is 7.21. The van der Waals surface area contributed by atoms with Gasteiger partial charge in [0, 0.05) is 24.3 Å². The lowest BCUT2D eigenvalue weighted by molar-refractivity contribution is -0.114. The van der Waals surface area contributed by atoms with Gasteiger partial charge < -0.3 is 11.1 Å². The zero-order valence-corrected chi connectivity index (χ0v) is 15.3. The molecule has 2 heterocycles. The minimum Gasteiger partial charge on any atom is -0.366 e. The number of primary amides is 1. The molecule has 0 aliphatic heterocycles. The van der Waals surface area contributed by atoms with Crippen LogP contribution in [0.3, 0.4) is 0 Å². The second kappa shape index (κ2) is 7.12. The Balaban J connectivity index is 1.77. The summed E-state index contributed by atoms with van der Waals surface area (Å²) in [5, 5.41) is 6.24. The van der Waals surface area contributed by atoms with Gasteiger partial charge in [-0.15, -0.1) is 11.3 Å². The molecule has 2 amide bonds. The van der Waals surface area contributed by atoms with Crippen LogP contribution in [0.4, 0.5) is 5.13 Å². The van der Waals surface area contributed by atoms with Gasteiger partial charge >= 0.3 is 0 Å². The van der Waals surface area contributed by atoms with E-state index < -0.39 is 5.91 Å². The molecule has 0 radical (unpaired) electrons. The molecule has 0 aliphatic carbocycles. The quantitative estimate of drug-likeness (QED) is 0.718. The Labute approximate surface area is 152 Å². The zero-order chi connectivity index (χ0) is 18.0. The molecule has 25 heavy (non-hydrogen) atoms. The highest BCUT2D eigenvalue weighted by Crippen LogP contribution is 2.33. The number of rotatable bonds is 5. The van der Waals surface area contributed by atoms with Crippen molar-refractivity contribution < 1.29 is 9.59 Å². The highest BCUT2D eigenvalue weighted by atomic mass is 32.1. The number of carbonyl (C=O) groups is 2. The molecule has 0 saturated heterocycles. The summed E-state index contributed by atoms with van der Waals surface area (Å²) in [6.07, 6.45) is 0.681. The van der Waals surface area contributed by atoms with Gasteiger partial charge in [0.1, 0.15) is 0 Å². The van der Waals surface area contributed by atoms with Crippen molar-refractivity contribution >= 4 is 39.6 Å². The van der Waals surface area contributed by atoms with E-state index in [4.69, 9.17) is 5.73 Å². The summed E-state index contributed by atoms with van der Waals surface area (Å²) in [4.78, 5) is 32.2.